The molecule has 2 aromatic rings. The third kappa shape index (κ3) is 3.85. The van der Waals surface area contributed by atoms with Crippen LogP contribution in [0.5, 0.6) is 11.5 Å². The largest absolute Gasteiger partial charge is 0.478 e. The molecule has 4 rings (SSSR count). The van der Waals surface area contributed by atoms with E-state index in [9.17, 15) is 9.90 Å². The van der Waals surface area contributed by atoms with Gasteiger partial charge in [0.2, 0.25) is 0 Å². The van der Waals surface area contributed by atoms with Gasteiger partial charge in [-0.1, -0.05) is 31.5 Å². The van der Waals surface area contributed by atoms with E-state index in [4.69, 9.17) is 4.74 Å². The Balaban J connectivity index is 1.54. The van der Waals surface area contributed by atoms with Gasteiger partial charge in [-0.05, 0) is 75.0 Å². The highest BCUT2D eigenvalue weighted by Crippen LogP contribution is 2.46. The van der Waals surface area contributed by atoms with Crippen molar-refractivity contribution < 1.29 is 14.6 Å². The van der Waals surface area contributed by atoms with Crippen molar-refractivity contribution in [2.75, 3.05) is 25.0 Å². The Morgan fingerprint density at radius 1 is 1.21 bits per heavy atom. The minimum Gasteiger partial charge on any atom is -0.478 e. The van der Waals surface area contributed by atoms with Crippen molar-refractivity contribution in [2.24, 2.45) is 5.92 Å². The summed E-state index contributed by atoms with van der Waals surface area (Å²) in [6, 6.07) is 11.3. The van der Waals surface area contributed by atoms with Gasteiger partial charge in [-0.25, -0.2) is 4.79 Å². The van der Waals surface area contributed by atoms with Crippen LogP contribution < -0.4 is 10.1 Å². The molecule has 0 atom stereocenters. The Kier molecular flexibility index (Phi) is 5.53. The van der Waals surface area contributed by atoms with E-state index in [1.54, 1.807) is 6.07 Å². The molecule has 2 N–H and O–H groups in total. The van der Waals surface area contributed by atoms with E-state index in [1.807, 2.05) is 30.3 Å². The summed E-state index contributed by atoms with van der Waals surface area (Å²) < 4.78 is 6.01. The second-order valence-electron chi connectivity index (χ2n) is 7.85. The number of carbonyl (C=O) groups is 1. The van der Waals surface area contributed by atoms with Gasteiger partial charge in [0, 0.05) is 0 Å². The molecule has 148 valence electrons. The van der Waals surface area contributed by atoms with E-state index in [0.717, 1.165) is 36.4 Å². The van der Waals surface area contributed by atoms with Crippen molar-refractivity contribution >= 4 is 17.3 Å². The van der Waals surface area contributed by atoms with Crippen LogP contribution in [-0.4, -0.2) is 35.6 Å². The number of unbranched alkanes of at least 4 members (excludes halogenated alkanes) is 1. The van der Waals surface area contributed by atoms with Crippen molar-refractivity contribution in [1.82, 2.24) is 4.90 Å². The minimum atomic E-state index is -0.965. The number of likely N-dealkylation sites (tertiary alicyclic amines) is 1. The fourth-order valence-electron chi connectivity index (χ4n) is 4.22. The number of anilines is 2. The molecule has 2 aromatic carbocycles. The number of nitrogens with one attached hydrogen (secondary N) is 1. The monoisotopic (exact) mass is 380 g/mol. The number of ether oxygens (including phenoxy) is 1. The molecular weight excluding hydrogens is 352 g/mol. The van der Waals surface area contributed by atoms with Gasteiger partial charge in [-0.2, -0.15) is 0 Å². The maximum absolute atomic E-state index is 11.7. The van der Waals surface area contributed by atoms with E-state index >= 15 is 0 Å². The highest BCUT2D eigenvalue weighted by atomic mass is 16.5. The minimum absolute atomic E-state index is 0.204. The quantitative estimate of drug-likeness (QED) is 0.608. The number of fused-ring (bicyclic) bond motifs is 2. The van der Waals surface area contributed by atoms with E-state index in [1.165, 1.54) is 32.2 Å². The number of carboxylic acids is 1. The van der Waals surface area contributed by atoms with Gasteiger partial charge in [0.05, 0.1) is 11.4 Å². The van der Waals surface area contributed by atoms with Gasteiger partial charge in [0.1, 0.15) is 5.56 Å². The van der Waals surface area contributed by atoms with Crippen molar-refractivity contribution in [3.8, 4) is 11.5 Å². The standard InChI is InChI=1S/C23H28N2O3/c1-2-3-12-25-13-10-16(11-14-25)15-17-8-9-18(23(26)27)22-21(17)24-19-6-4-5-7-20(19)28-22/h4-9,16,24H,2-3,10-15H2,1H3,(H,26,27). The summed E-state index contributed by atoms with van der Waals surface area (Å²) in [5, 5.41) is 13.0. The van der Waals surface area contributed by atoms with Crippen LogP contribution >= 0.6 is 0 Å². The van der Waals surface area contributed by atoms with Crippen LogP contribution in [0.2, 0.25) is 0 Å². The van der Waals surface area contributed by atoms with Crippen molar-refractivity contribution in [3.05, 3.63) is 47.5 Å². The first kappa shape index (κ1) is 18.8. The maximum Gasteiger partial charge on any atom is 0.339 e. The predicted octanol–water partition coefficient (Wildman–Crippen LogP) is 5.29. The highest BCUT2D eigenvalue weighted by Gasteiger charge is 2.27. The lowest BCUT2D eigenvalue weighted by Gasteiger charge is -2.33. The number of benzene rings is 2. The third-order valence-corrected chi connectivity index (χ3v) is 5.88. The van der Waals surface area contributed by atoms with Gasteiger partial charge in [0.25, 0.3) is 0 Å². The molecule has 2 heterocycles. The number of aromatic carboxylic acids is 1. The fourth-order valence-corrected chi connectivity index (χ4v) is 4.22. The first-order valence-electron chi connectivity index (χ1n) is 10.3. The van der Waals surface area contributed by atoms with Crippen LogP contribution in [0.4, 0.5) is 11.4 Å². The lowest BCUT2D eigenvalue weighted by Crippen LogP contribution is -2.35. The van der Waals surface area contributed by atoms with Gasteiger partial charge in [-0.3, -0.25) is 0 Å². The molecule has 0 saturated carbocycles. The van der Waals surface area contributed by atoms with Gasteiger partial charge < -0.3 is 20.1 Å². The summed E-state index contributed by atoms with van der Waals surface area (Å²) in [4.78, 5) is 14.3. The first-order chi connectivity index (χ1) is 13.7. The molecular formula is C23H28N2O3. The molecule has 1 fully saturated rings. The Morgan fingerprint density at radius 2 is 2.00 bits per heavy atom. The number of piperidine rings is 1. The van der Waals surface area contributed by atoms with Gasteiger partial charge in [0.15, 0.2) is 11.5 Å². The highest BCUT2D eigenvalue weighted by molar-refractivity contribution is 5.96. The molecule has 5 heteroatoms. The molecule has 2 aliphatic heterocycles. The van der Waals surface area contributed by atoms with Crippen LogP contribution in [-0.2, 0) is 6.42 Å². The Labute approximate surface area is 166 Å². The Hall–Kier alpha value is -2.53. The van der Waals surface area contributed by atoms with Crippen LogP contribution in [0.15, 0.2) is 36.4 Å². The summed E-state index contributed by atoms with van der Waals surface area (Å²) in [5.74, 6) is 0.757. The predicted molar refractivity (Wildman–Crippen MR) is 111 cm³/mol. The van der Waals surface area contributed by atoms with E-state index < -0.39 is 5.97 Å². The van der Waals surface area contributed by atoms with Gasteiger partial charge in [-0.15, -0.1) is 0 Å². The molecule has 5 nitrogen and oxygen atoms in total. The molecule has 0 amide bonds. The first-order valence-corrected chi connectivity index (χ1v) is 10.3. The number of para-hydroxylation sites is 2. The molecule has 0 radical (unpaired) electrons. The zero-order valence-electron chi connectivity index (χ0n) is 16.4. The van der Waals surface area contributed by atoms with Gasteiger partial charge >= 0.3 is 5.97 Å². The number of rotatable bonds is 6. The molecule has 2 aliphatic rings. The SMILES string of the molecule is CCCCN1CCC(Cc2ccc(C(=O)O)c3c2Nc2ccccc2O3)CC1. The van der Waals surface area contributed by atoms with E-state index in [2.05, 4.69) is 17.1 Å². The maximum atomic E-state index is 11.7. The van der Waals surface area contributed by atoms with Crippen LogP contribution in [0, 0.1) is 5.92 Å². The van der Waals surface area contributed by atoms with Crippen LogP contribution in [0.1, 0.15) is 48.5 Å². The second kappa shape index (κ2) is 8.23. The molecule has 0 spiro atoms. The van der Waals surface area contributed by atoms with E-state index in [-0.39, 0.29) is 5.56 Å². The molecule has 1 saturated heterocycles. The van der Waals surface area contributed by atoms with E-state index in [0.29, 0.717) is 17.4 Å². The number of hydrogen-bond donors (Lipinski definition) is 2. The second-order valence-corrected chi connectivity index (χ2v) is 7.85. The normalized spacial score (nSPS) is 16.6. The van der Waals surface area contributed by atoms with Crippen molar-refractivity contribution in [3.63, 3.8) is 0 Å². The Morgan fingerprint density at radius 3 is 2.75 bits per heavy atom. The Bertz CT molecular complexity index is 857. The molecule has 0 bridgehead atoms. The summed E-state index contributed by atoms with van der Waals surface area (Å²) in [6.45, 7) is 5.77. The molecule has 0 unspecified atom stereocenters. The zero-order chi connectivity index (χ0) is 19.5. The van der Waals surface area contributed by atoms with Crippen LogP contribution in [0.3, 0.4) is 0 Å². The lowest BCUT2D eigenvalue weighted by atomic mass is 9.88. The fraction of sp³-hybridized carbons (Fsp3) is 0.435. The molecule has 28 heavy (non-hydrogen) atoms. The summed E-state index contributed by atoms with van der Waals surface area (Å²) >= 11 is 0. The summed E-state index contributed by atoms with van der Waals surface area (Å²) in [7, 11) is 0. The van der Waals surface area contributed by atoms with Crippen molar-refractivity contribution in [1.29, 1.82) is 0 Å². The number of carboxylic acid groups (broad SMARTS) is 1. The average Bonchev–Trinajstić information content (AvgIpc) is 2.72. The number of nitrogens with zero attached hydrogens (tertiary/aromatic N) is 1. The summed E-state index contributed by atoms with van der Waals surface area (Å²) in [6.07, 6.45) is 5.85. The van der Waals surface area contributed by atoms with Crippen LogP contribution in [0.25, 0.3) is 0 Å². The number of hydrogen-bond acceptors (Lipinski definition) is 4. The average molecular weight is 380 g/mol. The van der Waals surface area contributed by atoms with Crippen molar-refractivity contribution in [2.45, 2.75) is 39.0 Å². The third-order valence-electron chi connectivity index (χ3n) is 5.88. The zero-order valence-corrected chi connectivity index (χ0v) is 16.4. The molecule has 0 aliphatic carbocycles. The molecule has 0 aromatic heterocycles. The topological polar surface area (TPSA) is 61.8 Å². The lowest BCUT2D eigenvalue weighted by molar-refractivity contribution is 0.0694. The smallest absolute Gasteiger partial charge is 0.339 e. The summed E-state index contributed by atoms with van der Waals surface area (Å²) in [5.41, 5.74) is 3.04.